The van der Waals surface area contributed by atoms with E-state index in [9.17, 15) is 0 Å². The number of fused-ring (bicyclic) bond motifs is 3. The van der Waals surface area contributed by atoms with Gasteiger partial charge in [0, 0.05) is 49.4 Å². The van der Waals surface area contributed by atoms with Gasteiger partial charge >= 0.3 is 70.2 Å². The maximum Gasteiger partial charge on any atom is 0.485 e. The molecule has 4 bridgehead atoms. The van der Waals surface area contributed by atoms with Crippen LogP contribution in [0.2, 0.25) is 88.1 Å². The highest BCUT2D eigenvalue weighted by molar-refractivity contribution is 7.00. The van der Waals surface area contributed by atoms with Crippen LogP contribution < -0.4 is 0 Å². The predicted molar refractivity (Wildman–Crippen MR) is 258 cm³/mol. The Labute approximate surface area is 372 Å². The summed E-state index contributed by atoms with van der Waals surface area (Å²) in [4.78, 5) is 0. The van der Waals surface area contributed by atoms with Crippen LogP contribution in [0.15, 0.2) is 0 Å². The van der Waals surface area contributed by atoms with Crippen LogP contribution in [0.4, 0.5) is 0 Å². The molecule has 3 heterocycles. The van der Waals surface area contributed by atoms with Crippen molar-refractivity contribution in [3.05, 3.63) is 0 Å². The number of rotatable bonds is 28. The lowest BCUT2D eigenvalue weighted by Crippen LogP contribution is -2.83. The van der Waals surface area contributed by atoms with Crippen molar-refractivity contribution in [2.45, 2.75) is 226 Å². The molecule has 350 valence electrons. The minimum Gasteiger partial charge on any atom is -0.437 e. The molecule has 59 heavy (non-hydrogen) atoms. The van der Waals surface area contributed by atoms with Crippen LogP contribution in [-0.4, -0.2) is 94.7 Å². The number of unbranched alkanes of at least 4 members (excludes halogenated alkanes) is 7. The lowest BCUT2D eigenvalue weighted by molar-refractivity contribution is 0.00508. The largest absolute Gasteiger partial charge is 0.485 e. The summed E-state index contributed by atoms with van der Waals surface area (Å²) in [6.45, 7) is 30.6. The molecule has 0 radical (unpaired) electrons. The molecular weight excluding hydrogens is 921 g/mol. The van der Waals surface area contributed by atoms with Crippen molar-refractivity contribution < 1.29 is 53.8 Å². The molecule has 0 amide bonds. The molecule has 0 aromatic heterocycles. The van der Waals surface area contributed by atoms with Crippen molar-refractivity contribution >= 4 is 87.5 Å². The fourth-order valence-corrected chi connectivity index (χ4v) is 62.4. The maximum absolute atomic E-state index is 7.97. The first-order chi connectivity index (χ1) is 27.7. The summed E-state index contributed by atoms with van der Waals surface area (Å²) in [6.07, 6.45) is 12.2. The molecule has 6 unspecified atom stereocenters. The van der Waals surface area contributed by atoms with Crippen LogP contribution in [0.5, 0.6) is 0 Å². The molecule has 0 aromatic carbocycles. The first-order valence-electron chi connectivity index (χ1n) is 23.6. The third kappa shape index (κ3) is 16.2. The molecule has 23 heteroatoms. The maximum atomic E-state index is 7.97. The van der Waals surface area contributed by atoms with E-state index in [0.29, 0.717) is 42.3 Å². The SMILES string of the molecule is CCCC[Si]1(O[SiH](C)C)O[Si]2(CCCC)O[Si](CCCC)(O[Si](C)(C)O[Si](C)(C)C)O[Si]3(CCCC)O[Si](CCCC)(O2)O[Si](CCCC)(O1)O[Si@@](CCCC)(OC)O3. The molecular formula is C36H88O13Si10. The fraction of sp³-hybridized carbons (Fsp3) is 1.00. The average molecular weight is 1010 g/mol. The molecule has 0 saturated carbocycles. The summed E-state index contributed by atoms with van der Waals surface area (Å²) in [7, 11) is -32.0. The highest BCUT2D eigenvalue weighted by Gasteiger charge is 2.77. The van der Waals surface area contributed by atoms with E-state index in [1.165, 1.54) is 0 Å². The van der Waals surface area contributed by atoms with Crippen molar-refractivity contribution in [1.82, 2.24) is 0 Å². The predicted octanol–water partition coefficient (Wildman–Crippen LogP) is 11.6. The van der Waals surface area contributed by atoms with Gasteiger partial charge in [0.1, 0.15) is 0 Å². The second-order valence-corrected chi connectivity index (χ2v) is 51.0. The minimum atomic E-state index is -3.93. The Morgan fingerprint density at radius 2 is 0.695 bits per heavy atom. The van der Waals surface area contributed by atoms with E-state index in [4.69, 9.17) is 53.8 Å². The second-order valence-electron chi connectivity index (χ2n) is 18.5. The zero-order valence-electron chi connectivity index (χ0n) is 40.2. The lowest BCUT2D eigenvalue weighted by Gasteiger charge is -2.59. The summed E-state index contributed by atoms with van der Waals surface area (Å²) in [6, 6.07) is 3.86. The van der Waals surface area contributed by atoms with Crippen LogP contribution in [0.25, 0.3) is 0 Å². The van der Waals surface area contributed by atoms with E-state index in [2.05, 4.69) is 94.3 Å². The molecule has 13 nitrogen and oxygen atoms in total. The molecule has 3 aliphatic rings. The third-order valence-corrected chi connectivity index (χ3v) is 51.1. The van der Waals surface area contributed by atoms with Crippen molar-refractivity contribution in [2.24, 2.45) is 0 Å². The van der Waals surface area contributed by atoms with Gasteiger partial charge in [-0.1, -0.05) is 93.4 Å². The van der Waals surface area contributed by atoms with E-state index in [-0.39, 0.29) is 0 Å². The van der Waals surface area contributed by atoms with Crippen molar-refractivity contribution in [3.8, 4) is 0 Å². The van der Waals surface area contributed by atoms with Gasteiger partial charge < -0.3 is 53.8 Å². The first kappa shape index (κ1) is 55.0. The molecule has 0 aliphatic carbocycles. The van der Waals surface area contributed by atoms with E-state index < -0.39 is 87.5 Å². The van der Waals surface area contributed by atoms with Gasteiger partial charge in [-0.2, -0.15) is 0 Å². The van der Waals surface area contributed by atoms with Crippen LogP contribution in [0.3, 0.4) is 0 Å². The molecule has 0 aromatic rings. The Morgan fingerprint density at radius 1 is 0.407 bits per heavy atom. The summed E-state index contributed by atoms with van der Waals surface area (Å²) >= 11 is 0. The number of hydrogen-bond acceptors (Lipinski definition) is 13. The van der Waals surface area contributed by atoms with Crippen LogP contribution in [-0.2, 0) is 53.8 Å². The molecule has 3 rings (SSSR count). The smallest absolute Gasteiger partial charge is 0.437 e. The lowest BCUT2D eigenvalue weighted by atomic mass is 10.4. The molecule has 0 N–H and O–H groups in total. The van der Waals surface area contributed by atoms with Crippen molar-refractivity contribution in [1.29, 1.82) is 0 Å². The zero-order valence-corrected chi connectivity index (χ0v) is 50.4. The third-order valence-electron chi connectivity index (χ3n) is 10.3. The monoisotopic (exact) mass is 1010 g/mol. The van der Waals surface area contributed by atoms with Gasteiger partial charge in [0.15, 0.2) is 17.4 Å². The Bertz CT molecular complexity index is 1250. The molecule has 3 saturated heterocycles. The van der Waals surface area contributed by atoms with E-state index in [1.807, 2.05) is 0 Å². The van der Waals surface area contributed by atoms with E-state index in [0.717, 1.165) is 89.9 Å². The Hall–Kier alpha value is 1.65. The van der Waals surface area contributed by atoms with Gasteiger partial charge in [-0.15, -0.1) is 0 Å². The van der Waals surface area contributed by atoms with Gasteiger partial charge in [0.05, 0.1) is 0 Å². The van der Waals surface area contributed by atoms with E-state index in [1.54, 1.807) is 7.11 Å². The summed E-state index contributed by atoms with van der Waals surface area (Å²) in [5, 5.41) is 0. The van der Waals surface area contributed by atoms with Crippen LogP contribution in [0.1, 0.15) is 138 Å². The molecule has 0 spiro atoms. The van der Waals surface area contributed by atoms with Crippen molar-refractivity contribution in [3.63, 3.8) is 0 Å². The van der Waals surface area contributed by atoms with Gasteiger partial charge in [0.2, 0.25) is 0 Å². The number of hydrogen-bond donors (Lipinski definition) is 0. The van der Waals surface area contributed by atoms with Gasteiger partial charge in [-0.3, -0.25) is 0 Å². The normalized spacial score (nSPS) is 34.4. The van der Waals surface area contributed by atoms with E-state index >= 15 is 0 Å². The van der Waals surface area contributed by atoms with Gasteiger partial charge in [-0.05, 0) is 90.8 Å². The highest BCUT2D eigenvalue weighted by Crippen LogP contribution is 2.50. The molecule has 7 atom stereocenters. The summed E-state index contributed by atoms with van der Waals surface area (Å²) in [5.74, 6) is 0. The first-order valence-corrected chi connectivity index (χ1v) is 46.2. The zero-order chi connectivity index (χ0) is 44.1. The van der Waals surface area contributed by atoms with Crippen LogP contribution in [0, 0.1) is 0 Å². The fourth-order valence-electron chi connectivity index (χ4n) is 7.99. The Kier molecular flexibility index (Phi) is 22.3. The second kappa shape index (κ2) is 23.9. The minimum absolute atomic E-state index is 0.529. The van der Waals surface area contributed by atoms with Gasteiger partial charge in [-0.25, -0.2) is 0 Å². The Morgan fingerprint density at radius 3 is 1.02 bits per heavy atom. The highest BCUT2D eigenvalue weighted by atomic mass is 28.6. The average Bonchev–Trinajstić information content (AvgIpc) is 3.12. The summed E-state index contributed by atoms with van der Waals surface area (Å²) in [5.41, 5.74) is 0. The van der Waals surface area contributed by atoms with Crippen molar-refractivity contribution in [2.75, 3.05) is 7.11 Å². The molecule has 3 fully saturated rings. The Balaban J connectivity index is 2.65. The quantitative estimate of drug-likeness (QED) is 0.0692. The topological polar surface area (TPSA) is 120 Å². The standard InChI is InChI=1S/C36H88O13Si10/c1-16-23-30-53(37-8)41-56(33-26-19-4)43-54(31-24-17-2,38-50(9)10)44-58(35-28-21-6)46-55(32-25-18-3,40-52(14,15)39-51(11,12)13)45-57(42-53,34-27-20-5)48-59(47-56,49-58)36-29-22-7/h50H,16-36H2,1-15H3/t53-,54?,55?,56?,57?,58?,59?/m1/s1. The van der Waals surface area contributed by atoms with Gasteiger partial charge in [0.25, 0.3) is 0 Å². The molecule has 3 aliphatic heterocycles. The van der Waals surface area contributed by atoms with Crippen LogP contribution >= 0.6 is 0 Å². The summed E-state index contributed by atoms with van der Waals surface area (Å²) < 4.78 is 99.4.